The molecule has 0 bridgehead atoms. The number of hydrogen-bond acceptors (Lipinski definition) is 4. The monoisotopic (exact) mass is 301 g/mol. The molecule has 2 aromatic rings. The fraction of sp³-hybridized carbons (Fsp3) is 0.125. The van der Waals surface area contributed by atoms with Crippen LogP contribution in [-0.4, -0.2) is 28.6 Å². The van der Waals surface area contributed by atoms with E-state index in [1.807, 2.05) is 0 Å². The predicted octanol–water partition coefficient (Wildman–Crippen LogP) is 1.93. The Morgan fingerprint density at radius 2 is 1.64 bits per heavy atom. The fourth-order valence-electron chi connectivity index (χ4n) is 1.88. The van der Waals surface area contributed by atoms with Crippen LogP contribution in [0.5, 0.6) is 17.2 Å². The summed E-state index contributed by atoms with van der Waals surface area (Å²) >= 11 is 0. The number of hydrogen-bond donors (Lipinski definition) is 3. The van der Waals surface area contributed by atoms with Crippen LogP contribution in [0.3, 0.4) is 0 Å². The molecule has 0 aliphatic carbocycles. The minimum absolute atomic E-state index is 0.157. The number of carbonyl (C=O) groups excluding carboxylic acids is 1. The van der Waals surface area contributed by atoms with Crippen molar-refractivity contribution in [1.82, 2.24) is 5.32 Å². The van der Waals surface area contributed by atoms with Crippen molar-refractivity contribution in [2.75, 3.05) is 0 Å². The SMILES string of the molecule is O=CN[C@@H](Cc1ccc(Oc2ccc(O)cc2)cc1)C(=O)O. The van der Waals surface area contributed by atoms with E-state index < -0.39 is 12.0 Å². The number of phenolic OH excluding ortho intramolecular Hbond substituents is 1. The zero-order valence-electron chi connectivity index (χ0n) is 11.6. The Bertz CT molecular complexity index is 637. The molecule has 0 fully saturated rings. The van der Waals surface area contributed by atoms with Crippen LogP contribution in [0.2, 0.25) is 0 Å². The Morgan fingerprint density at radius 3 is 2.14 bits per heavy atom. The lowest BCUT2D eigenvalue weighted by Gasteiger charge is -2.11. The first-order chi connectivity index (χ1) is 10.6. The highest BCUT2D eigenvalue weighted by Gasteiger charge is 2.16. The summed E-state index contributed by atoms with van der Waals surface area (Å²) in [6, 6.07) is 12.2. The fourth-order valence-corrected chi connectivity index (χ4v) is 1.88. The number of aromatic hydroxyl groups is 1. The first-order valence-electron chi connectivity index (χ1n) is 6.57. The van der Waals surface area contributed by atoms with E-state index in [2.05, 4.69) is 5.32 Å². The van der Waals surface area contributed by atoms with Crippen LogP contribution in [0.1, 0.15) is 5.56 Å². The summed E-state index contributed by atoms with van der Waals surface area (Å²) in [7, 11) is 0. The third kappa shape index (κ3) is 4.24. The van der Waals surface area contributed by atoms with Gasteiger partial charge in [0.2, 0.25) is 6.41 Å². The van der Waals surface area contributed by atoms with Gasteiger partial charge in [0.1, 0.15) is 23.3 Å². The predicted molar refractivity (Wildman–Crippen MR) is 79.0 cm³/mol. The van der Waals surface area contributed by atoms with Gasteiger partial charge in [0.25, 0.3) is 0 Å². The average molecular weight is 301 g/mol. The van der Waals surface area contributed by atoms with Crippen molar-refractivity contribution in [3.63, 3.8) is 0 Å². The minimum Gasteiger partial charge on any atom is -0.508 e. The molecule has 3 N–H and O–H groups in total. The second-order valence-corrected chi connectivity index (χ2v) is 4.62. The van der Waals surface area contributed by atoms with Gasteiger partial charge in [-0.1, -0.05) is 12.1 Å². The molecule has 0 heterocycles. The highest BCUT2D eigenvalue weighted by atomic mass is 16.5. The molecule has 0 saturated carbocycles. The van der Waals surface area contributed by atoms with E-state index in [0.29, 0.717) is 17.9 Å². The Morgan fingerprint density at radius 1 is 1.09 bits per heavy atom. The number of benzene rings is 2. The molecule has 2 aromatic carbocycles. The number of carbonyl (C=O) groups is 2. The van der Waals surface area contributed by atoms with Gasteiger partial charge in [0, 0.05) is 6.42 Å². The maximum atomic E-state index is 11.0. The summed E-state index contributed by atoms with van der Waals surface area (Å²) in [5.41, 5.74) is 0.764. The Balaban J connectivity index is 2.01. The summed E-state index contributed by atoms with van der Waals surface area (Å²) in [6.45, 7) is 0. The molecule has 0 aliphatic heterocycles. The molecule has 6 heteroatoms. The lowest BCUT2D eigenvalue weighted by Crippen LogP contribution is -2.37. The van der Waals surface area contributed by atoms with E-state index in [1.165, 1.54) is 12.1 Å². The van der Waals surface area contributed by atoms with Gasteiger partial charge in [-0.15, -0.1) is 0 Å². The number of rotatable bonds is 7. The number of nitrogens with one attached hydrogen (secondary N) is 1. The molecule has 0 aliphatic rings. The zero-order chi connectivity index (χ0) is 15.9. The lowest BCUT2D eigenvalue weighted by atomic mass is 10.1. The normalized spacial score (nSPS) is 11.5. The molecule has 0 spiro atoms. The quantitative estimate of drug-likeness (QED) is 0.679. The van der Waals surface area contributed by atoms with Crippen LogP contribution >= 0.6 is 0 Å². The number of aliphatic carboxylic acids is 1. The molecule has 22 heavy (non-hydrogen) atoms. The third-order valence-electron chi connectivity index (χ3n) is 3.00. The number of carboxylic acids is 1. The number of carboxylic acid groups (broad SMARTS) is 1. The summed E-state index contributed by atoms with van der Waals surface area (Å²) in [6.07, 6.45) is 0.564. The van der Waals surface area contributed by atoms with E-state index in [4.69, 9.17) is 9.84 Å². The molecule has 1 atom stereocenters. The van der Waals surface area contributed by atoms with Gasteiger partial charge in [-0.3, -0.25) is 4.79 Å². The smallest absolute Gasteiger partial charge is 0.326 e. The van der Waals surface area contributed by atoms with Gasteiger partial charge in [0.15, 0.2) is 0 Å². The van der Waals surface area contributed by atoms with Crippen molar-refractivity contribution in [2.24, 2.45) is 0 Å². The van der Waals surface area contributed by atoms with E-state index in [-0.39, 0.29) is 12.2 Å². The van der Waals surface area contributed by atoms with E-state index in [1.54, 1.807) is 36.4 Å². The van der Waals surface area contributed by atoms with E-state index in [9.17, 15) is 14.7 Å². The van der Waals surface area contributed by atoms with Crippen LogP contribution in [0, 0.1) is 0 Å². The zero-order valence-corrected chi connectivity index (χ0v) is 11.6. The molecule has 114 valence electrons. The molecule has 6 nitrogen and oxygen atoms in total. The molecule has 2 rings (SSSR count). The van der Waals surface area contributed by atoms with Crippen LogP contribution in [0.25, 0.3) is 0 Å². The Kier molecular flexibility index (Phi) is 4.98. The van der Waals surface area contributed by atoms with Crippen molar-refractivity contribution >= 4 is 12.4 Å². The third-order valence-corrected chi connectivity index (χ3v) is 3.00. The van der Waals surface area contributed by atoms with Crippen molar-refractivity contribution < 1.29 is 24.5 Å². The second-order valence-electron chi connectivity index (χ2n) is 4.62. The van der Waals surface area contributed by atoms with Crippen molar-refractivity contribution in [2.45, 2.75) is 12.5 Å². The van der Waals surface area contributed by atoms with E-state index in [0.717, 1.165) is 5.56 Å². The van der Waals surface area contributed by atoms with Crippen LogP contribution < -0.4 is 10.1 Å². The van der Waals surface area contributed by atoms with Crippen LogP contribution in [-0.2, 0) is 16.0 Å². The lowest BCUT2D eigenvalue weighted by molar-refractivity contribution is -0.140. The highest BCUT2D eigenvalue weighted by molar-refractivity contribution is 5.76. The van der Waals surface area contributed by atoms with Crippen molar-refractivity contribution in [3.05, 3.63) is 54.1 Å². The van der Waals surface area contributed by atoms with Crippen molar-refractivity contribution in [1.29, 1.82) is 0 Å². The molecule has 1 amide bonds. The Labute approximate surface area is 127 Å². The number of ether oxygens (including phenoxy) is 1. The molecule has 0 unspecified atom stereocenters. The van der Waals surface area contributed by atoms with Gasteiger partial charge >= 0.3 is 5.97 Å². The van der Waals surface area contributed by atoms with Crippen LogP contribution in [0.4, 0.5) is 0 Å². The van der Waals surface area contributed by atoms with Gasteiger partial charge in [-0.25, -0.2) is 4.79 Å². The maximum Gasteiger partial charge on any atom is 0.326 e. The molecule has 0 radical (unpaired) electrons. The molecular weight excluding hydrogens is 286 g/mol. The standard InChI is InChI=1S/C16H15NO5/c18-10-17-15(16(20)21)9-11-1-5-13(6-2-11)22-14-7-3-12(19)4-8-14/h1-8,10,15,19H,9H2,(H,17,18)(H,20,21)/t15-/m0/s1. The Hall–Kier alpha value is -3.02. The molecular formula is C16H15NO5. The second kappa shape index (κ2) is 7.12. The van der Waals surface area contributed by atoms with Crippen molar-refractivity contribution in [3.8, 4) is 17.2 Å². The van der Waals surface area contributed by atoms with Gasteiger partial charge in [0.05, 0.1) is 0 Å². The van der Waals surface area contributed by atoms with Gasteiger partial charge in [-0.2, -0.15) is 0 Å². The summed E-state index contributed by atoms with van der Waals surface area (Å²) in [5.74, 6) is 0.239. The summed E-state index contributed by atoms with van der Waals surface area (Å²) < 4.78 is 5.59. The summed E-state index contributed by atoms with van der Waals surface area (Å²) in [5, 5.41) is 20.4. The first-order valence-corrected chi connectivity index (χ1v) is 6.57. The average Bonchev–Trinajstić information content (AvgIpc) is 2.51. The highest BCUT2D eigenvalue weighted by Crippen LogP contribution is 2.23. The van der Waals surface area contributed by atoms with E-state index >= 15 is 0 Å². The summed E-state index contributed by atoms with van der Waals surface area (Å²) in [4.78, 5) is 21.3. The maximum absolute atomic E-state index is 11.0. The molecule has 0 aromatic heterocycles. The minimum atomic E-state index is -1.09. The molecule has 0 saturated heterocycles. The topological polar surface area (TPSA) is 95.9 Å². The number of amides is 1. The largest absolute Gasteiger partial charge is 0.508 e. The van der Waals surface area contributed by atoms with Gasteiger partial charge < -0.3 is 20.3 Å². The van der Waals surface area contributed by atoms with Gasteiger partial charge in [-0.05, 0) is 42.0 Å². The number of phenols is 1. The first kappa shape index (κ1) is 15.4. The van der Waals surface area contributed by atoms with Crippen LogP contribution in [0.15, 0.2) is 48.5 Å².